The maximum absolute atomic E-state index is 13.1. The van der Waals surface area contributed by atoms with E-state index in [0.717, 1.165) is 11.4 Å². The summed E-state index contributed by atoms with van der Waals surface area (Å²) in [6, 6.07) is 10.3. The lowest BCUT2D eigenvalue weighted by molar-refractivity contribution is 0.0934. The fraction of sp³-hybridized carbons (Fsp3) is 0.227. The molecule has 164 valence electrons. The molecule has 8 nitrogen and oxygen atoms in total. The Labute approximate surface area is 193 Å². The highest BCUT2D eigenvalue weighted by atomic mass is 32.2. The Morgan fingerprint density at radius 1 is 1.34 bits per heavy atom. The zero-order chi connectivity index (χ0) is 22.7. The number of thioether (sulfide) groups is 1. The standard InChI is InChI=1S/C22H22N6O2S2/c1-3-10-28-21(30)15-8-7-14(13-17(15)24-22(28)31)20(29)23-16(9-12-32-2)19-26-25-18-6-4-5-11-27(18)19/h3-8,11,13,16H,1,9-10,12H2,2H3,(H,23,29)(H,24,31). The van der Waals surface area contributed by atoms with E-state index in [9.17, 15) is 9.59 Å². The summed E-state index contributed by atoms with van der Waals surface area (Å²) in [6.45, 7) is 3.97. The van der Waals surface area contributed by atoms with E-state index >= 15 is 0 Å². The van der Waals surface area contributed by atoms with Gasteiger partial charge < -0.3 is 10.3 Å². The van der Waals surface area contributed by atoms with Gasteiger partial charge in [-0.05, 0) is 61.0 Å². The van der Waals surface area contributed by atoms with Crippen molar-refractivity contribution >= 4 is 46.4 Å². The van der Waals surface area contributed by atoms with Crippen LogP contribution in [0.2, 0.25) is 0 Å². The lowest BCUT2D eigenvalue weighted by Gasteiger charge is -2.17. The first-order valence-electron chi connectivity index (χ1n) is 10.0. The Morgan fingerprint density at radius 3 is 2.97 bits per heavy atom. The van der Waals surface area contributed by atoms with E-state index in [0.29, 0.717) is 35.3 Å². The van der Waals surface area contributed by atoms with Crippen LogP contribution in [0.15, 0.2) is 60.0 Å². The molecule has 0 aliphatic carbocycles. The Balaban J connectivity index is 1.67. The number of hydrogen-bond acceptors (Lipinski definition) is 6. The summed E-state index contributed by atoms with van der Waals surface area (Å²) in [5, 5.41) is 12.1. The molecule has 32 heavy (non-hydrogen) atoms. The summed E-state index contributed by atoms with van der Waals surface area (Å²) in [5.74, 6) is 1.26. The lowest BCUT2D eigenvalue weighted by atomic mass is 10.1. The Morgan fingerprint density at radius 2 is 2.19 bits per heavy atom. The van der Waals surface area contributed by atoms with Crippen LogP contribution in [0.5, 0.6) is 0 Å². The number of aromatic amines is 1. The van der Waals surface area contributed by atoms with Crippen molar-refractivity contribution in [3.05, 3.63) is 81.8 Å². The average molecular weight is 467 g/mol. The van der Waals surface area contributed by atoms with E-state index in [1.807, 2.05) is 35.1 Å². The van der Waals surface area contributed by atoms with Crippen LogP contribution in [0.25, 0.3) is 16.6 Å². The monoisotopic (exact) mass is 466 g/mol. The van der Waals surface area contributed by atoms with Gasteiger partial charge in [-0.3, -0.25) is 18.6 Å². The molecule has 0 aliphatic heterocycles. The van der Waals surface area contributed by atoms with Crippen LogP contribution in [-0.2, 0) is 6.54 Å². The molecule has 4 rings (SSSR count). The number of benzene rings is 1. The molecular formula is C22H22N6O2S2. The van der Waals surface area contributed by atoms with Crippen molar-refractivity contribution in [3.63, 3.8) is 0 Å². The second-order valence-electron chi connectivity index (χ2n) is 7.19. The van der Waals surface area contributed by atoms with Gasteiger partial charge in [-0.15, -0.1) is 16.8 Å². The fourth-order valence-electron chi connectivity index (χ4n) is 3.53. The summed E-state index contributed by atoms with van der Waals surface area (Å²) in [5.41, 5.74) is 1.44. The van der Waals surface area contributed by atoms with Crippen molar-refractivity contribution in [1.82, 2.24) is 29.5 Å². The van der Waals surface area contributed by atoms with Gasteiger partial charge in [0.15, 0.2) is 16.2 Å². The second-order valence-corrected chi connectivity index (χ2v) is 8.56. The van der Waals surface area contributed by atoms with Gasteiger partial charge in [0.1, 0.15) is 0 Å². The molecule has 3 heterocycles. The zero-order valence-corrected chi connectivity index (χ0v) is 19.1. The SMILES string of the molecule is C=CCn1c(=S)[nH]c2cc(C(=O)NC(CCSC)c3nnc4ccccn34)ccc2c1=O. The van der Waals surface area contributed by atoms with Crippen LogP contribution < -0.4 is 10.9 Å². The molecule has 1 atom stereocenters. The van der Waals surface area contributed by atoms with Crippen LogP contribution in [0, 0.1) is 4.77 Å². The van der Waals surface area contributed by atoms with Gasteiger partial charge in [0.05, 0.1) is 16.9 Å². The van der Waals surface area contributed by atoms with E-state index < -0.39 is 0 Å². The number of nitrogens with zero attached hydrogens (tertiary/aromatic N) is 4. The Kier molecular flexibility index (Phi) is 6.52. The molecule has 3 aromatic heterocycles. The Hall–Kier alpha value is -3.24. The first-order chi connectivity index (χ1) is 15.5. The molecule has 0 bridgehead atoms. The smallest absolute Gasteiger partial charge is 0.262 e. The van der Waals surface area contributed by atoms with Gasteiger partial charge in [0, 0.05) is 18.3 Å². The Bertz CT molecular complexity index is 1420. The number of H-pyrrole nitrogens is 1. The normalized spacial score (nSPS) is 12.2. The van der Waals surface area contributed by atoms with Crippen LogP contribution in [0.4, 0.5) is 0 Å². The number of pyridine rings is 1. The highest BCUT2D eigenvalue weighted by molar-refractivity contribution is 7.98. The molecule has 1 amide bonds. The highest BCUT2D eigenvalue weighted by Crippen LogP contribution is 2.20. The van der Waals surface area contributed by atoms with Crippen LogP contribution in [-0.4, -0.2) is 42.1 Å². The molecule has 0 saturated heterocycles. The second kappa shape index (κ2) is 9.49. The molecule has 0 aliphatic rings. The number of carbonyl (C=O) groups is 1. The molecule has 0 radical (unpaired) electrons. The summed E-state index contributed by atoms with van der Waals surface area (Å²) < 4.78 is 3.59. The molecular weight excluding hydrogens is 444 g/mol. The van der Waals surface area contributed by atoms with Gasteiger partial charge in [0.2, 0.25) is 0 Å². The maximum Gasteiger partial charge on any atom is 0.262 e. The molecule has 0 fully saturated rings. The molecule has 1 aromatic carbocycles. The number of hydrogen-bond donors (Lipinski definition) is 2. The van der Waals surface area contributed by atoms with Gasteiger partial charge in [-0.1, -0.05) is 12.1 Å². The zero-order valence-electron chi connectivity index (χ0n) is 17.4. The molecule has 4 aromatic rings. The summed E-state index contributed by atoms with van der Waals surface area (Å²) in [7, 11) is 0. The third-order valence-electron chi connectivity index (χ3n) is 5.12. The predicted octanol–water partition coefficient (Wildman–Crippen LogP) is 3.51. The number of nitrogens with one attached hydrogen (secondary N) is 2. The molecule has 0 spiro atoms. The third-order valence-corrected chi connectivity index (χ3v) is 6.09. The quantitative estimate of drug-likeness (QED) is 0.305. The van der Waals surface area contributed by atoms with Crippen LogP contribution in [0.3, 0.4) is 0 Å². The first-order valence-corrected chi connectivity index (χ1v) is 11.8. The number of fused-ring (bicyclic) bond motifs is 2. The fourth-order valence-corrected chi connectivity index (χ4v) is 4.27. The van der Waals surface area contributed by atoms with Gasteiger partial charge in [-0.25, -0.2) is 0 Å². The van der Waals surface area contributed by atoms with Crippen molar-refractivity contribution in [2.75, 3.05) is 12.0 Å². The van der Waals surface area contributed by atoms with Gasteiger partial charge in [-0.2, -0.15) is 11.8 Å². The van der Waals surface area contributed by atoms with Crippen molar-refractivity contribution in [2.24, 2.45) is 0 Å². The summed E-state index contributed by atoms with van der Waals surface area (Å²) in [6.07, 6.45) is 6.21. The minimum atomic E-state index is -0.317. The first kappa shape index (κ1) is 22.0. The van der Waals surface area contributed by atoms with Gasteiger partial charge >= 0.3 is 0 Å². The van der Waals surface area contributed by atoms with Crippen molar-refractivity contribution in [3.8, 4) is 0 Å². The van der Waals surface area contributed by atoms with Crippen molar-refractivity contribution < 1.29 is 4.79 Å². The lowest BCUT2D eigenvalue weighted by Crippen LogP contribution is -2.30. The molecule has 1 unspecified atom stereocenters. The number of amides is 1. The van der Waals surface area contributed by atoms with Crippen LogP contribution in [0.1, 0.15) is 28.6 Å². The van der Waals surface area contributed by atoms with Crippen molar-refractivity contribution in [2.45, 2.75) is 19.0 Å². The topological polar surface area (TPSA) is 97.1 Å². The largest absolute Gasteiger partial charge is 0.342 e. The predicted molar refractivity (Wildman–Crippen MR) is 130 cm³/mol. The minimum absolute atomic E-state index is 0.219. The highest BCUT2D eigenvalue weighted by Gasteiger charge is 2.21. The number of allylic oxidation sites excluding steroid dienone is 1. The summed E-state index contributed by atoms with van der Waals surface area (Å²) in [4.78, 5) is 28.9. The average Bonchev–Trinajstić information content (AvgIpc) is 3.23. The van der Waals surface area contributed by atoms with E-state index in [1.54, 1.807) is 36.0 Å². The summed E-state index contributed by atoms with van der Waals surface area (Å²) >= 11 is 6.99. The molecule has 2 N–H and O–H groups in total. The minimum Gasteiger partial charge on any atom is -0.342 e. The van der Waals surface area contributed by atoms with E-state index in [2.05, 4.69) is 27.1 Å². The van der Waals surface area contributed by atoms with Crippen LogP contribution >= 0.6 is 24.0 Å². The number of carbonyl (C=O) groups excluding carboxylic acids is 1. The number of aromatic nitrogens is 5. The van der Waals surface area contributed by atoms with E-state index in [-0.39, 0.29) is 22.3 Å². The third kappa shape index (κ3) is 4.23. The van der Waals surface area contributed by atoms with E-state index in [4.69, 9.17) is 12.2 Å². The maximum atomic E-state index is 13.1. The molecule has 0 saturated carbocycles. The van der Waals surface area contributed by atoms with Crippen molar-refractivity contribution in [1.29, 1.82) is 0 Å². The van der Waals surface area contributed by atoms with Gasteiger partial charge in [0.25, 0.3) is 11.5 Å². The number of rotatable bonds is 8. The molecule has 10 heteroatoms. The van der Waals surface area contributed by atoms with E-state index in [1.165, 1.54) is 4.57 Å².